The number of ether oxygens (including phenoxy) is 2. The fourth-order valence-electron chi connectivity index (χ4n) is 2.80. The van der Waals surface area contributed by atoms with Gasteiger partial charge in [0.2, 0.25) is 0 Å². The summed E-state index contributed by atoms with van der Waals surface area (Å²) in [5.74, 6) is 0.878. The van der Waals surface area contributed by atoms with Crippen LogP contribution >= 0.6 is 0 Å². The first kappa shape index (κ1) is 18.0. The second kappa shape index (κ2) is 9.06. The number of aryl methyl sites for hydroxylation is 1. The third kappa shape index (κ3) is 5.36. The van der Waals surface area contributed by atoms with E-state index in [1.54, 1.807) is 13.3 Å². The van der Waals surface area contributed by atoms with Crippen LogP contribution in [0.4, 0.5) is 5.69 Å². The summed E-state index contributed by atoms with van der Waals surface area (Å²) in [7, 11) is 1.68. The standard InChI is InChI=1S/C21H25N3O2/c1-25-20-9-4-17(5-10-20)6-11-21(14-24-13-12-23-16-24)26-15-18-2-7-19(22)8-3-18/h2-5,7-10,12-13,16,21H,6,11,14-15,22H2,1H3. The Morgan fingerprint density at radius 2 is 1.77 bits per heavy atom. The molecule has 5 nitrogen and oxygen atoms in total. The summed E-state index contributed by atoms with van der Waals surface area (Å²) in [5, 5.41) is 0. The Kier molecular flexibility index (Phi) is 6.28. The molecule has 0 aliphatic heterocycles. The molecule has 1 unspecified atom stereocenters. The van der Waals surface area contributed by atoms with Crippen molar-refractivity contribution in [3.8, 4) is 5.75 Å². The number of benzene rings is 2. The van der Waals surface area contributed by atoms with Gasteiger partial charge < -0.3 is 19.8 Å². The van der Waals surface area contributed by atoms with Gasteiger partial charge in [0.15, 0.2) is 0 Å². The lowest BCUT2D eigenvalue weighted by molar-refractivity contribution is 0.0239. The highest BCUT2D eigenvalue weighted by Gasteiger charge is 2.11. The molecule has 0 radical (unpaired) electrons. The van der Waals surface area contributed by atoms with Crippen molar-refractivity contribution in [2.24, 2.45) is 0 Å². The van der Waals surface area contributed by atoms with Gasteiger partial charge in [-0.25, -0.2) is 4.98 Å². The van der Waals surface area contributed by atoms with Crippen LogP contribution in [0.15, 0.2) is 67.3 Å². The van der Waals surface area contributed by atoms with Crippen molar-refractivity contribution in [2.75, 3.05) is 12.8 Å². The van der Waals surface area contributed by atoms with Gasteiger partial charge in [-0.3, -0.25) is 0 Å². The maximum atomic E-state index is 6.19. The maximum absolute atomic E-state index is 6.19. The van der Waals surface area contributed by atoms with Crippen LogP contribution in [0.5, 0.6) is 5.75 Å². The molecule has 0 aliphatic carbocycles. The van der Waals surface area contributed by atoms with Gasteiger partial charge in [-0.2, -0.15) is 0 Å². The molecule has 26 heavy (non-hydrogen) atoms. The second-order valence-electron chi connectivity index (χ2n) is 6.32. The van der Waals surface area contributed by atoms with Crippen LogP contribution in [0.25, 0.3) is 0 Å². The van der Waals surface area contributed by atoms with Crippen molar-refractivity contribution >= 4 is 5.69 Å². The first-order valence-corrected chi connectivity index (χ1v) is 8.77. The highest BCUT2D eigenvalue weighted by Crippen LogP contribution is 2.16. The zero-order valence-electron chi connectivity index (χ0n) is 15.0. The van der Waals surface area contributed by atoms with E-state index in [0.29, 0.717) is 6.61 Å². The van der Waals surface area contributed by atoms with Crippen LogP contribution in [-0.4, -0.2) is 22.8 Å². The Hall–Kier alpha value is -2.79. The van der Waals surface area contributed by atoms with Crippen LogP contribution in [0.1, 0.15) is 17.5 Å². The first-order valence-electron chi connectivity index (χ1n) is 8.77. The summed E-state index contributed by atoms with van der Waals surface area (Å²) >= 11 is 0. The molecule has 0 saturated carbocycles. The Labute approximate surface area is 154 Å². The molecule has 0 bridgehead atoms. The largest absolute Gasteiger partial charge is 0.497 e. The predicted octanol–water partition coefficient (Wildman–Crippen LogP) is 3.69. The van der Waals surface area contributed by atoms with E-state index in [9.17, 15) is 0 Å². The number of rotatable bonds is 9. The summed E-state index contributed by atoms with van der Waals surface area (Å²) in [6.45, 7) is 1.35. The third-order valence-electron chi connectivity index (χ3n) is 4.35. The molecule has 1 heterocycles. The zero-order valence-corrected chi connectivity index (χ0v) is 15.0. The number of aromatic nitrogens is 2. The number of nitrogen functional groups attached to an aromatic ring is 1. The second-order valence-corrected chi connectivity index (χ2v) is 6.32. The monoisotopic (exact) mass is 351 g/mol. The molecule has 136 valence electrons. The number of hydrogen-bond donors (Lipinski definition) is 1. The number of anilines is 1. The molecule has 3 rings (SSSR count). The van der Waals surface area contributed by atoms with Gasteiger partial charge in [0, 0.05) is 24.6 Å². The van der Waals surface area contributed by atoms with Crippen molar-refractivity contribution in [3.63, 3.8) is 0 Å². The molecule has 0 spiro atoms. The number of nitrogens with zero attached hydrogens (tertiary/aromatic N) is 2. The summed E-state index contributed by atoms with van der Waals surface area (Å²) < 4.78 is 13.5. The fourth-order valence-corrected chi connectivity index (χ4v) is 2.80. The van der Waals surface area contributed by atoms with E-state index >= 15 is 0 Å². The summed E-state index contributed by atoms with van der Waals surface area (Å²) in [4.78, 5) is 4.12. The zero-order chi connectivity index (χ0) is 18.2. The SMILES string of the molecule is COc1ccc(CCC(Cn2ccnc2)OCc2ccc(N)cc2)cc1. The highest BCUT2D eigenvalue weighted by molar-refractivity contribution is 5.39. The van der Waals surface area contributed by atoms with Crippen LogP contribution in [0.3, 0.4) is 0 Å². The molecular formula is C21H25N3O2. The van der Waals surface area contributed by atoms with Crippen molar-refractivity contribution < 1.29 is 9.47 Å². The average Bonchev–Trinajstić information content (AvgIpc) is 3.19. The van der Waals surface area contributed by atoms with E-state index in [1.807, 2.05) is 48.9 Å². The molecule has 0 aliphatic rings. The lowest BCUT2D eigenvalue weighted by atomic mass is 10.1. The Balaban J connectivity index is 1.59. The van der Waals surface area contributed by atoms with Gasteiger partial charge in [0.1, 0.15) is 5.75 Å². The van der Waals surface area contributed by atoms with Gasteiger partial charge in [-0.15, -0.1) is 0 Å². The number of hydrogen-bond acceptors (Lipinski definition) is 4. The smallest absolute Gasteiger partial charge is 0.118 e. The Morgan fingerprint density at radius 1 is 1.04 bits per heavy atom. The quantitative estimate of drug-likeness (QED) is 0.597. The van der Waals surface area contributed by atoms with E-state index in [0.717, 1.165) is 36.4 Å². The van der Waals surface area contributed by atoms with Gasteiger partial charge in [0.25, 0.3) is 0 Å². The van der Waals surface area contributed by atoms with Crippen molar-refractivity contribution in [2.45, 2.75) is 32.1 Å². The molecule has 0 amide bonds. The predicted molar refractivity (Wildman–Crippen MR) is 103 cm³/mol. The van der Waals surface area contributed by atoms with Crippen LogP contribution in [-0.2, 0) is 24.3 Å². The summed E-state index contributed by atoms with van der Waals surface area (Å²) in [5.41, 5.74) is 8.91. The van der Waals surface area contributed by atoms with E-state index in [4.69, 9.17) is 15.2 Å². The Morgan fingerprint density at radius 3 is 2.42 bits per heavy atom. The minimum Gasteiger partial charge on any atom is -0.497 e. The molecule has 2 N–H and O–H groups in total. The average molecular weight is 351 g/mol. The number of nitrogens with two attached hydrogens (primary N) is 1. The van der Waals surface area contributed by atoms with Gasteiger partial charge >= 0.3 is 0 Å². The molecule has 0 saturated heterocycles. The normalized spacial score (nSPS) is 12.0. The van der Waals surface area contributed by atoms with Crippen molar-refractivity contribution in [1.82, 2.24) is 9.55 Å². The van der Waals surface area contributed by atoms with Crippen LogP contribution in [0, 0.1) is 0 Å². The molecule has 1 atom stereocenters. The van der Waals surface area contributed by atoms with Crippen LogP contribution < -0.4 is 10.5 Å². The molecule has 3 aromatic rings. The Bertz CT molecular complexity index is 768. The van der Waals surface area contributed by atoms with Gasteiger partial charge in [-0.1, -0.05) is 24.3 Å². The number of methoxy groups -OCH3 is 1. The third-order valence-corrected chi connectivity index (χ3v) is 4.35. The lowest BCUT2D eigenvalue weighted by Gasteiger charge is -2.19. The van der Waals surface area contributed by atoms with Crippen molar-refractivity contribution in [1.29, 1.82) is 0 Å². The summed E-state index contributed by atoms with van der Waals surface area (Å²) in [6.07, 6.45) is 7.56. The minimum atomic E-state index is 0.101. The molecule has 0 fully saturated rings. The molecular weight excluding hydrogens is 326 g/mol. The topological polar surface area (TPSA) is 62.3 Å². The summed E-state index contributed by atoms with van der Waals surface area (Å²) in [6, 6.07) is 16.0. The molecule has 1 aromatic heterocycles. The molecule has 5 heteroatoms. The molecule has 2 aromatic carbocycles. The number of imidazole rings is 1. The lowest BCUT2D eigenvalue weighted by Crippen LogP contribution is -2.20. The maximum Gasteiger partial charge on any atom is 0.118 e. The van der Waals surface area contributed by atoms with E-state index in [1.165, 1.54) is 5.56 Å². The van der Waals surface area contributed by atoms with E-state index < -0.39 is 0 Å². The van der Waals surface area contributed by atoms with Gasteiger partial charge in [0.05, 0.1) is 26.1 Å². The van der Waals surface area contributed by atoms with E-state index in [2.05, 4.69) is 21.7 Å². The fraction of sp³-hybridized carbons (Fsp3) is 0.286. The van der Waals surface area contributed by atoms with Crippen molar-refractivity contribution in [3.05, 3.63) is 78.4 Å². The van der Waals surface area contributed by atoms with Crippen LogP contribution in [0.2, 0.25) is 0 Å². The highest BCUT2D eigenvalue weighted by atomic mass is 16.5. The van der Waals surface area contributed by atoms with E-state index in [-0.39, 0.29) is 6.10 Å². The minimum absolute atomic E-state index is 0.101. The van der Waals surface area contributed by atoms with Gasteiger partial charge in [-0.05, 0) is 48.2 Å². The first-order chi connectivity index (χ1) is 12.7.